The summed E-state index contributed by atoms with van der Waals surface area (Å²) in [6.45, 7) is 7.17. The van der Waals surface area contributed by atoms with E-state index in [0.29, 0.717) is 13.1 Å². The number of halogens is 1. The molecule has 1 N–H and O–H groups in total. The molecule has 2 heterocycles. The van der Waals surface area contributed by atoms with E-state index in [1.165, 1.54) is 6.07 Å². The topological polar surface area (TPSA) is 49.0 Å². The van der Waals surface area contributed by atoms with E-state index in [2.05, 4.69) is 10.2 Å². The van der Waals surface area contributed by atoms with Crippen LogP contribution in [0.4, 0.5) is 4.39 Å². The van der Waals surface area contributed by atoms with Crippen molar-refractivity contribution in [1.82, 2.24) is 15.1 Å². The molecule has 1 atom stereocenters. The molecular formula is C19H24FN3O. The minimum Gasteiger partial charge on any atom is -0.342 e. The lowest BCUT2D eigenvalue weighted by Crippen LogP contribution is -2.40. The summed E-state index contributed by atoms with van der Waals surface area (Å²) in [7, 11) is 0. The van der Waals surface area contributed by atoms with E-state index in [9.17, 15) is 9.18 Å². The van der Waals surface area contributed by atoms with Gasteiger partial charge < -0.3 is 4.90 Å². The van der Waals surface area contributed by atoms with Gasteiger partial charge >= 0.3 is 0 Å². The zero-order valence-corrected chi connectivity index (χ0v) is 14.5. The molecule has 24 heavy (non-hydrogen) atoms. The molecule has 1 fully saturated rings. The van der Waals surface area contributed by atoms with Crippen LogP contribution in [0, 0.1) is 19.7 Å². The Labute approximate surface area is 142 Å². The van der Waals surface area contributed by atoms with Crippen LogP contribution >= 0.6 is 0 Å². The lowest BCUT2D eigenvalue weighted by molar-refractivity contribution is -0.133. The van der Waals surface area contributed by atoms with Crippen molar-refractivity contribution in [2.75, 3.05) is 13.1 Å². The van der Waals surface area contributed by atoms with Crippen molar-refractivity contribution >= 4 is 5.91 Å². The van der Waals surface area contributed by atoms with Gasteiger partial charge in [-0.3, -0.25) is 9.89 Å². The third-order valence-corrected chi connectivity index (χ3v) is 5.14. The number of carbonyl (C=O) groups is 1. The van der Waals surface area contributed by atoms with Gasteiger partial charge in [-0.05, 0) is 51.2 Å². The van der Waals surface area contributed by atoms with E-state index >= 15 is 0 Å². The zero-order chi connectivity index (χ0) is 17.3. The monoisotopic (exact) mass is 329 g/mol. The van der Waals surface area contributed by atoms with Gasteiger partial charge in [-0.15, -0.1) is 0 Å². The fourth-order valence-electron chi connectivity index (χ4n) is 3.81. The molecule has 0 spiro atoms. The maximum absolute atomic E-state index is 13.9. The van der Waals surface area contributed by atoms with Gasteiger partial charge in [0.2, 0.25) is 5.91 Å². The van der Waals surface area contributed by atoms with Crippen LogP contribution in [0.25, 0.3) is 0 Å². The molecule has 1 saturated heterocycles. The molecule has 0 saturated carbocycles. The molecule has 1 unspecified atom stereocenters. The van der Waals surface area contributed by atoms with Crippen molar-refractivity contribution in [2.45, 2.75) is 45.4 Å². The summed E-state index contributed by atoms with van der Waals surface area (Å²) in [4.78, 5) is 14.7. The molecule has 4 nitrogen and oxygen atoms in total. The smallest absolute Gasteiger partial charge is 0.229 e. The van der Waals surface area contributed by atoms with Gasteiger partial charge in [-0.25, -0.2) is 4.39 Å². The molecule has 1 amide bonds. The Kier molecular flexibility index (Phi) is 4.69. The Morgan fingerprint density at radius 1 is 1.29 bits per heavy atom. The summed E-state index contributed by atoms with van der Waals surface area (Å²) in [5.41, 5.74) is 3.61. The van der Waals surface area contributed by atoms with E-state index < -0.39 is 0 Å². The number of piperidine rings is 1. The van der Waals surface area contributed by atoms with Crippen LogP contribution in [0.3, 0.4) is 0 Å². The number of H-pyrrole nitrogens is 1. The summed E-state index contributed by atoms with van der Waals surface area (Å²) in [6, 6.07) is 6.97. The first-order chi connectivity index (χ1) is 11.5. The first-order valence-corrected chi connectivity index (χ1v) is 8.53. The SMILES string of the molecule is Cc1n[nH]c(C)c1C(C)C(=O)N1CCC(c2ccccc2F)CC1. The summed E-state index contributed by atoms with van der Waals surface area (Å²) >= 11 is 0. The number of hydrogen-bond donors (Lipinski definition) is 1. The second-order valence-corrected chi connectivity index (χ2v) is 6.69. The highest BCUT2D eigenvalue weighted by Crippen LogP contribution is 2.31. The summed E-state index contributed by atoms with van der Waals surface area (Å²) < 4.78 is 13.9. The van der Waals surface area contributed by atoms with Crippen LogP contribution in [0.15, 0.2) is 24.3 Å². The van der Waals surface area contributed by atoms with Crippen LogP contribution in [0.1, 0.15) is 54.1 Å². The molecule has 5 heteroatoms. The number of hydrogen-bond acceptors (Lipinski definition) is 2. The summed E-state index contributed by atoms with van der Waals surface area (Å²) in [5, 5.41) is 7.14. The molecule has 0 bridgehead atoms. The Balaban J connectivity index is 1.66. The summed E-state index contributed by atoms with van der Waals surface area (Å²) in [6.07, 6.45) is 1.62. The third kappa shape index (κ3) is 3.07. The van der Waals surface area contributed by atoms with Gasteiger partial charge in [-0.1, -0.05) is 18.2 Å². The molecule has 0 radical (unpaired) electrons. The summed E-state index contributed by atoms with van der Waals surface area (Å²) in [5.74, 6) is -0.00779. The first kappa shape index (κ1) is 16.7. The average Bonchev–Trinajstić information content (AvgIpc) is 2.93. The van der Waals surface area contributed by atoms with Crippen molar-refractivity contribution in [3.05, 3.63) is 52.6 Å². The van der Waals surface area contributed by atoms with Gasteiger partial charge in [0, 0.05) is 24.3 Å². The van der Waals surface area contributed by atoms with Crippen LogP contribution in [0.5, 0.6) is 0 Å². The Bertz CT molecular complexity index is 712. The van der Waals surface area contributed by atoms with E-state index in [0.717, 1.165) is 35.4 Å². The highest BCUT2D eigenvalue weighted by atomic mass is 19.1. The van der Waals surface area contributed by atoms with Crippen LogP contribution in [0.2, 0.25) is 0 Å². The van der Waals surface area contributed by atoms with E-state index in [1.54, 1.807) is 6.07 Å². The van der Waals surface area contributed by atoms with E-state index in [4.69, 9.17) is 0 Å². The minimum atomic E-state index is -0.200. The second kappa shape index (κ2) is 6.75. The standard InChI is InChI=1S/C19H24FN3O/c1-12(18-13(2)21-22-14(18)3)19(24)23-10-8-15(9-11-23)16-6-4-5-7-17(16)20/h4-7,12,15H,8-11H2,1-3H3,(H,21,22). The minimum absolute atomic E-state index is 0.134. The van der Waals surface area contributed by atoms with Gasteiger partial charge in [0.15, 0.2) is 0 Å². The fraction of sp³-hybridized carbons (Fsp3) is 0.474. The average molecular weight is 329 g/mol. The number of carbonyl (C=O) groups excluding carboxylic acids is 1. The van der Waals surface area contributed by atoms with Gasteiger partial charge in [0.25, 0.3) is 0 Å². The van der Waals surface area contributed by atoms with Crippen molar-refractivity contribution in [3.8, 4) is 0 Å². The Morgan fingerprint density at radius 3 is 2.54 bits per heavy atom. The number of nitrogens with one attached hydrogen (secondary N) is 1. The number of nitrogens with zero attached hydrogens (tertiary/aromatic N) is 2. The molecule has 1 aliphatic rings. The quantitative estimate of drug-likeness (QED) is 0.934. The van der Waals surface area contributed by atoms with Crippen LogP contribution in [-0.4, -0.2) is 34.1 Å². The predicted molar refractivity (Wildman–Crippen MR) is 91.4 cm³/mol. The zero-order valence-electron chi connectivity index (χ0n) is 14.5. The van der Waals surface area contributed by atoms with Crippen LogP contribution < -0.4 is 0 Å². The molecule has 1 aromatic heterocycles. The lowest BCUT2D eigenvalue weighted by atomic mass is 9.88. The highest BCUT2D eigenvalue weighted by molar-refractivity contribution is 5.84. The van der Waals surface area contributed by atoms with Gasteiger partial charge in [0.1, 0.15) is 5.82 Å². The van der Waals surface area contributed by atoms with Crippen LogP contribution in [-0.2, 0) is 4.79 Å². The van der Waals surface area contributed by atoms with Crippen molar-refractivity contribution in [3.63, 3.8) is 0 Å². The predicted octanol–water partition coefficient (Wildman–Crippen LogP) is 3.68. The first-order valence-electron chi connectivity index (χ1n) is 8.53. The normalized spacial score (nSPS) is 17.1. The maximum Gasteiger partial charge on any atom is 0.229 e. The van der Waals surface area contributed by atoms with Gasteiger partial charge in [-0.2, -0.15) is 5.10 Å². The number of aromatic amines is 1. The molecular weight excluding hydrogens is 305 g/mol. The van der Waals surface area contributed by atoms with E-state index in [-0.39, 0.29) is 23.6 Å². The van der Waals surface area contributed by atoms with Crippen molar-refractivity contribution < 1.29 is 9.18 Å². The third-order valence-electron chi connectivity index (χ3n) is 5.14. The number of benzene rings is 1. The van der Waals surface area contributed by atoms with Crippen molar-refractivity contribution in [1.29, 1.82) is 0 Å². The number of rotatable bonds is 3. The Morgan fingerprint density at radius 2 is 1.96 bits per heavy atom. The van der Waals surface area contributed by atoms with Crippen molar-refractivity contribution in [2.24, 2.45) is 0 Å². The second-order valence-electron chi connectivity index (χ2n) is 6.69. The maximum atomic E-state index is 13.9. The number of aryl methyl sites for hydroxylation is 2. The number of aromatic nitrogens is 2. The lowest BCUT2D eigenvalue weighted by Gasteiger charge is -2.34. The molecule has 3 rings (SSSR count). The Hall–Kier alpha value is -2.17. The molecule has 1 aliphatic heterocycles. The highest BCUT2D eigenvalue weighted by Gasteiger charge is 2.30. The number of likely N-dealkylation sites (tertiary alicyclic amines) is 1. The fourth-order valence-corrected chi connectivity index (χ4v) is 3.81. The molecule has 128 valence electrons. The molecule has 2 aromatic rings. The van der Waals surface area contributed by atoms with E-state index in [1.807, 2.05) is 37.8 Å². The molecule has 0 aliphatic carbocycles. The largest absolute Gasteiger partial charge is 0.342 e. The number of amides is 1. The molecule has 1 aromatic carbocycles. The van der Waals surface area contributed by atoms with Gasteiger partial charge in [0.05, 0.1) is 11.6 Å².